The number of rotatable bonds is 8. The highest BCUT2D eigenvalue weighted by Crippen LogP contribution is 2.39. The number of non-ortho nitro benzene ring substituents is 1. The third-order valence-corrected chi connectivity index (χ3v) is 6.76. The Morgan fingerprint density at radius 1 is 1.20 bits per heavy atom. The summed E-state index contributed by atoms with van der Waals surface area (Å²) in [5.41, 5.74) is 0.317. The smallest absolute Gasteiger partial charge is 0.283 e. The molecule has 0 aliphatic heterocycles. The minimum atomic E-state index is -0.645. The van der Waals surface area contributed by atoms with Crippen molar-refractivity contribution in [1.82, 2.24) is 10.3 Å². The van der Waals surface area contributed by atoms with Crippen LogP contribution in [0.1, 0.15) is 11.3 Å². The summed E-state index contributed by atoms with van der Waals surface area (Å²) in [4.78, 5) is 38.6. The molecule has 0 fully saturated rings. The van der Waals surface area contributed by atoms with Crippen LogP contribution in [0.3, 0.4) is 0 Å². The Morgan fingerprint density at radius 3 is 2.71 bits per heavy atom. The highest BCUT2D eigenvalue weighted by atomic mass is 32.2. The molecule has 4 aromatic rings. The number of aromatic nitrogens is 1. The monoisotopic (exact) mass is 507 g/mol. The average Bonchev–Trinajstić information content (AvgIpc) is 3.50. The lowest BCUT2D eigenvalue weighted by atomic mass is 10.1. The van der Waals surface area contributed by atoms with Crippen molar-refractivity contribution in [3.8, 4) is 6.07 Å². The number of benzene rings is 2. The summed E-state index contributed by atoms with van der Waals surface area (Å²) in [6.45, 7) is 0.0892. The molecule has 4 rings (SSSR count). The molecule has 35 heavy (non-hydrogen) atoms. The van der Waals surface area contributed by atoms with Gasteiger partial charge in [0.15, 0.2) is 4.34 Å². The molecule has 0 aliphatic rings. The number of nitrogens with zero attached hydrogens (tertiary/aromatic N) is 4. The van der Waals surface area contributed by atoms with Crippen molar-refractivity contribution in [3.05, 3.63) is 91.9 Å². The number of thiazole rings is 1. The van der Waals surface area contributed by atoms with E-state index in [2.05, 4.69) is 10.3 Å². The first-order valence-electron chi connectivity index (χ1n) is 9.77. The molecule has 2 aromatic carbocycles. The number of nitro benzene ring substituents is 2. The van der Waals surface area contributed by atoms with E-state index in [4.69, 9.17) is 4.42 Å². The summed E-state index contributed by atoms with van der Waals surface area (Å²) in [6, 6.07) is 13.7. The predicted molar refractivity (Wildman–Crippen MR) is 128 cm³/mol. The zero-order chi connectivity index (χ0) is 24.9. The number of nitriles is 1. The fourth-order valence-electron chi connectivity index (χ4n) is 2.99. The first-order valence-corrected chi connectivity index (χ1v) is 11.4. The molecule has 11 nitrogen and oxygen atoms in total. The number of nitrogens with one attached hydrogen (secondary N) is 1. The van der Waals surface area contributed by atoms with Crippen LogP contribution in [-0.2, 0) is 11.3 Å². The summed E-state index contributed by atoms with van der Waals surface area (Å²) < 4.78 is 6.19. The van der Waals surface area contributed by atoms with Crippen LogP contribution in [0.25, 0.3) is 16.3 Å². The average molecular weight is 508 g/mol. The van der Waals surface area contributed by atoms with E-state index in [1.54, 1.807) is 24.3 Å². The second-order valence-corrected chi connectivity index (χ2v) is 9.23. The molecule has 174 valence electrons. The van der Waals surface area contributed by atoms with E-state index in [1.165, 1.54) is 54.0 Å². The van der Waals surface area contributed by atoms with Crippen molar-refractivity contribution in [3.63, 3.8) is 0 Å². The molecule has 0 bridgehead atoms. The van der Waals surface area contributed by atoms with Crippen molar-refractivity contribution < 1.29 is 19.1 Å². The molecule has 0 radical (unpaired) electrons. The maximum absolute atomic E-state index is 12.3. The zero-order valence-electron chi connectivity index (χ0n) is 17.5. The minimum absolute atomic E-state index is 0.0682. The number of carbonyl (C=O) groups excluding carboxylic acids is 1. The number of carbonyl (C=O) groups is 1. The van der Waals surface area contributed by atoms with Crippen LogP contribution in [-0.4, -0.2) is 20.7 Å². The van der Waals surface area contributed by atoms with Crippen LogP contribution in [0.5, 0.6) is 0 Å². The van der Waals surface area contributed by atoms with Crippen molar-refractivity contribution in [1.29, 1.82) is 5.26 Å². The fourth-order valence-corrected chi connectivity index (χ4v) is 5.13. The van der Waals surface area contributed by atoms with Gasteiger partial charge in [0, 0.05) is 18.2 Å². The second kappa shape index (κ2) is 10.2. The van der Waals surface area contributed by atoms with Gasteiger partial charge in [0.1, 0.15) is 17.4 Å². The minimum Gasteiger partial charge on any atom is -0.467 e. The Bertz CT molecular complexity index is 1520. The van der Waals surface area contributed by atoms with E-state index in [-0.39, 0.29) is 23.5 Å². The molecule has 1 N–H and O–H groups in total. The van der Waals surface area contributed by atoms with Gasteiger partial charge in [0.2, 0.25) is 0 Å². The molecule has 0 unspecified atom stereocenters. The van der Waals surface area contributed by atoms with Gasteiger partial charge in [0.05, 0.1) is 37.8 Å². The van der Waals surface area contributed by atoms with E-state index in [0.29, 0.717) is 30.8 Å². The van der Waals surface area contributed by atoms with Gasteiger partial charge in [-0.05, 0) is 35.9 Å². The Morgan fingerprint density at radius 2 is 2.03 bits per heavy atom. The number of fused-ring (bicyclic) bond motifs is 1. The van der Waals surface area contributed by atoms with E-state index in [9.17, 15) is 30.3 Å². The van der Waals surface area contributed by atoms with E-state index in [1.807, 2.05) is 0 Å². The first kappa shape index (κ1) is 23.6. The number of amides is 1. The summed E-state index contributed by atoms with van der Waals surface area (Å²) >= 11 is 2.23. The van der Waals surface area contributed by atoms with E-state index in [0.717, 1.165) is 11.8 Å². The summed E-state index contributed by atoms with van der Waals surface area (Å²) in [7, 11) is 0. The van der Waals surface area contributed by atoms with Crippen LogP contribution in [0.15, 0.2) is 74.0 Å². The Hall–Kier alpha value is -4.54. The Balaban J connectivity index is 1.57. The molecule has 2 aromatic heterocycles. The number of hydrogen-bond donors (Lipinski definition) is 1. The van der Waals surface area contributed by atoms with Gasteiger partial charge in [-0.25, -0.2) is 4.98 Å². The molecule has 2 heterocycles. The lowest BCUT2D eigenvalue weighted by molar-refractivity contribution is -0.387. The molecular weight excluding hydrogens is 494 g/mol. The lowest BCUT2D eigenvalue weighted by Crippen LogP contribution is -2.23. The van der Waals surface area contributed by atoms with Crippen molar-refractivity contribution in [2.75, 3.05) is 0 Å². The number of furan rings is 1. The van der Waals surface area contributed by atoms with Gasteiger partial charge in [0.25, 0.3) is 17.3 Å². The van der Waals surface area contributed by atoms with Crippen LogP contribution < -0.4 is 5.32 Å². The zero-order valence-corrected chi connectivity index (χ0v) is 19.2. The van der Waals surface area contributed by atoms with Crippen molar-refractivity contribution in [2.24, 2.45) is 0 Å². The molecule has 0 atom stereocenters. The van der Waals surface area contributed by atoms with Gasteiger partial charge in [-0.15, -0.1) is 11.3 Å². The van der Waals surface area contributed by atoms with Gasteiger partial charge < -0.3 is 9.73 Å². The lowest BCUT2D eigenvalue weighted by Gasteiger charge is -2.04. The molecule has 13 heteroatoms. The van der Waals surface area contributed by atoms with Gasteiger partial charge >= 0.3 is 0 Å². The van der Waals surface area contributed by atoms with Gasteiger partial charge in [-0.3, -0.25) is 25.0 Å². The molecule has 0 saturated carbocycles. The maximum atomic E-state index is 12.3. The molecule has 0 aliphatic carbocycles. The van der Waals surface area contributed by atoms with Crippen molar-refractivity contribution >= 4 is 56.7 Å². The van der Waals surface area contributed by atoms with Crippen LogP contribution in [0.2, 0.25) is 0 Å². The Kier molecular flexibility index (Phi) is 6.86. The fraction of sp³-hybridized carbons (Fsp3) is 0.0455. The topological polar surface area (TPSA) is 165 Å². The molecule has 0 saturated heterocycles. The predicted octanol–water partition coefficient (Wildman–Crippen LogP) is 5.08. The summed E-state index contributed by atoms with van der Waals surface area (Å²) in [6.07, 6.45) is 2.72. The van der Waals surface area contributed by atoms with Gasteiger partial charge in [-0.1, -0.05) is 17.8 Å². The van der Waals surface area contributed by atoms with Crippen molar-refractivity contribution in [2.45, 2.75) is 15.8 Å². The third-order valence-electron chi connectivity index (χ3n) is 4.62. The standard InChI is InChI=1S/C22H13N5O6S2/c23-11-14(21(28)24-12-16-2-1-7-33-16)8-13-3-6-19(18(9-13)27(31)32)34-22-25-17-5-4-15(26(29)30)10-20(17)35-22/h1-10H,12H2,(H,24,28)/b14-8+. The maximum Gasteiger partial charge on any atom is 0.283 e. The molecular formula is C22H13N5O6S2. The summed E-state index contributed by atoms with van der Waals surface area (Å²) in [5, 5.41) is 34.6. The first-order chi connectivity index (χ1) is 16.8. The number of hydrogen-bond acceptors (Lipinski definition) is 10. The Labute approximate surface area is 205 Å². The molecule has 0 spiro atoms. The highest BCUT2D eigenvalue weighted by molar-refractivity contribution is 8.01. The van der Waals surface area contributed by atoms with E-state index < -0.39 is 15.8 Å². The van der Waals surface area contributed by atoms with Gasteiger partial charge in [-0.2, -0.15) is 5.26 Å². The normalized spacial score (nSPS) is 11.2. The van der Waals surface area contributed by atoms with Crippen LogP contribution in [0.4, 0.5) is 11.4 Å². The van der Waals surface area contributed by atoms with Crippen LogP contribution in [0, 0.1) is 31.6 Å². The molecule has 1 amide bonds. The third kappa shape index (κ3) is 5.52. The second-order valence-electron chi connectivity index (χ2n) is 6.91. The van der Waals surface area contributed by atoms with E-state index >= 15 is 0 Å². The van der Waals surface area contributed by atoms with Crippen LogP contribution >= 0.6 is 23.1 Å². The highest BCUT2D eigenvalue weighted by Gasteiger charge is 2.19. The summed E-state index contributed by atoms with van der Waals surface area (Å²) in [5.74, 6) is -0.134. The largest absolute Gasteiger partial charge is 0.467 e. The SMILES string of the molecule is N#C/C(=C\c1ccc(Sc2nc3ccc([N+](=O)[O-])cc3s2)c([N+](=O)[O-])c1)C(=O)NCc1ccco1. The quantitative estimate of drug-likeness (QED) is 0.148. The number of nitro groups is 2.